The largest absolute Gasteiger partial charge is 0.337 e. The van der Waals surface area contributed by atoms with E-state index >= 15 is 0 Å². The Morgan fingerprint density at radius 2 is 2.08 bits per heavy atom. The van der Waals surface area contributed by atoms with Gasteiger partial charge in [0.25, 0.3) is 0 Å². The van der Waals surface area contributed by atoms with Crippen molar-refractivity contribution >= 4 is 27.2 Å². The fraction of sp³-hybridized carbons (Fsp3) is 0.706. The first-order valence-corrected chi connectivity index (χ1v) is 11.1. The highest BCUT2D eigenvalue weighted by atomic mass is 32.2. The molecule has 1 spiro atoms. The molecule has 134 valence electrons. The third-order valence-electron chi connectivity index (χ3n) is 5.55. The van der Waals surface area contributed by atoms with Crippen LogP contribution in [0.3, 0.4) is 0 Å². The Hall–Kier alpha value is -1.08. The molecule has 0 radical (unpaired) electrons. The molecule has 1 aromatic rings. The van der Waals surface area contributed by atoms with E-state index in [-0.39, 0.29) is 17.2 Å². The van der Waals surface area contributed by atoms with E-state index in [4.69, 9.17) is 0 Å². The summed E-state index contributed by atoms with van der Waals surface area (Å²) in [7, 11) is -3.09. The lowest BCUT2D eigenvalue weighted by molar-refractivity contribution is 0.193. The maximum absolute atomic E-state index is 12.5. The predicted molar refractivity (Wildman–Crippen MR) is 97.3 cm³/mol. The molecule has 7 heteroatoms. The number of rotatable bonds is 3. The molecule has 1 saturated heterocycles. The smallest absolute Gasteiger partial charge is 0.317 e. The average molecular weight is 371 g/mol. The van der Waals surface area contributed by atoms with Gasteiger partial charge in [0, 0.05) is 29.9 Å². The minimum Gasteiger partial charge on any atom is -0.337 e. The molecule has 0 aromatic carbocycles. The monoisotopic (exact) mass is 370 g/mol. The van der Waals surface area contributed by atoms with Crippen molar-refractivity contribution in [2.75, 3.05) is 25.4 Å². The summed E-state index contributed by atoms with van der Waals surface area (Å²) in [6, 6.07) is 3.95. The molecule has 1 aromatic heterocycles. The maximum atomic E-state index is 12.5. The molecule has 2 amide bonds. The van der Waals surface area contributed by atoms with Gasteiger partial charge >= 0.3 is 6.03 Å². The Bertz CT molecular complexity index is 691. The van der Waals surface area contributed by atoms with Gasteiger partial charge in [-0.1, -0.05) is 26.3 Å². The van der Waals surface area contributed by atoms with Crippen LogP contribution in [0.15, 0.2) is 17.5 Å². The Labute approximate surface area is 148 Å². The Balaban J connectivity index is 1.60. The summed E-state index contributed by atoms with van der Waals surface area (Å²) >= 11 is 1.69. The van der Waals surface area contributed by atoms with Gasteiger partial charge in [-0.25, -0.2) is 13.2 Å². The standard InChI is InChI=1S/C17H26N2O3S2/c1-16(2,14-5-3-11-23-14)13-18-15(20)19-9-8-17(6-4-7-17)24(21,22)12-10-19/h3,5,11H,4,6-10,12-13H2,1-2H3,(H,18,20). The van der Waals surface area contributed by atoms with E-state index in [0.717, 1.165) is 19.3 Å². The van der Waals surface area contributed by atoms with Gasteiger partial charge in [-0.2, -0.15) is 0 Å². The first kappa shape index (κ1) is 17.7. The Morgan fingerprint density at radius 3 is 2.67 bits per heavy atom. The molecule has 2 fully saturated rings. The van der Waals surface area contributed by atoms with E-state index in [0.29, 0.717) is 26.1 Å². The van der Waals surface area contributed by atoms with Gasteiger partial charge in [0.15, 0.2) is 9.84 Å². The van der Waals surface area contributed by atoms with Crippen LogP contribution in [0, 0.1) is 0 Å². The number of nitrogens with zero attached hydrogens (tertiary/aromatic N) is 1. The quantitative estimate of drug-likeness (QED) is 0.890. The number of amides is 2. The van der Waals surface area contributed by atoms with Crippen LogP contribution >= 0.6 is 11.3 Å². The van der Waals surface area contributed by atoms with Gasteiger partial charge in [0.1, 0.15) is 0 Å². The molecule has 0 bridgehead atoms. The fourth-order valence-corrected chi connectivity index (χ4v) is 6.61. The SMILES string of the molecule is CC(C)(CNC(=O)N1CCC2(CCC2)S(=O)(=O)CC1)c1cccs1. The van der Waals surface area contributed by atoms with Gasteiger partial charge in [0.05, 0.1) is 10.5 Å². The van der Waals surface area contributed by atoms with E-state index < -0.39 is 14.6 Å². The fourth-order valence-electron chi connectivity index (χ4n) is 3.55. The lowest BCUT2D eigenvalue weighted by Gasteiger charge is -2.39. The molecule has 3 rings (SSSR count). The molecule has 2 aliphatic rings. The zero-order valence-corrected chi connectivity index (χ0v) is 16.0. The molecule has 1 aliphatic heterocycles. The summed E-state index contributed by atoms with van der Waals surface area (Å²) in [6.45, 7) is 5.59. The minimum absolute atomic E-state index is 0.0920. The number of urea groups is 1. The molecular weight excluding hydrogens is 344 g/mol. The zero-order valence-electron chi connectivity index (χ0n) is 14.4. The zero-order chi connectivity index (χ0) is 17.4. The van der Waals surface area contributed by atoms with E-state index in [9.17, 15) is 13.2 Å². The van der Waals surface area contributed by atoms with Crippen molar-refractivity contribution in [1.82, 2.24) is 10.2 Å². The third-order valence-corrected chi connectivity index (χ3v) is 9.44. The van der Waals surface area contributed by atoms with Gasteiger partial charge in [-0.3, -0.25) is 0 Å². The van der Waals surface area contributed by atoms with Crippen LogP contribution in [0.4, 0.5) is 4.79 Å². The summed E-state index contributed by atoms with van der Waals surface area (Å²) in [4.78, 5) is 15.4. The Kier molecular flexibility index (Phi) is 4.68. The molecule has 1 aliphatic carbocycles. The summed E-state index contributed by atoms with van der Waals surface area (Å²) in [5, 5.41) is 5.04. The topological polar surface area (TPSA) is 66.5 Å². The molecule has 1 N–H and O–H groups in total. The van der Waals surface area contributed by atoms with Crippen LogP contribution < -0.4 is 5.32 Å². The number of nitrogens with one attached hydrogen (secondary N) is 1. The van der Waals surface area contributed by atoms with Crippen LogP contribution in [-0.2, 0) is 15.3 Å². The van der Waals surface area contributed by atoms with E-state index in [1.54, 1.807) is 16.2 Å². The number of hydrogen-bond donors (Lipinski definition) is 1. The molecule has 5 nitrogen and oxygen atoms in total. The Morgan fingerprint density at radius 1 is 1.33 bits per heavy atom. The van der Waals surface area contributed by atoms with E-state index in [1.807, 2.05) is 11.4 Å². The molecule has 24 heavy (non-hydrogen) atoms. The van der Waals surface area contributed by atoms with Crippen LogP contribution in [0.25, 0.3) is 0 Å². The predicted octanol–water partition coefficient (Wildman–Crippen LogP) is 2.78. The summed E-state index contributed by atoms with van der Waals surface area (Å²) in [5.74, 6) is 0.0920. The highest BCUT2D eigenvalue weighted by Gasteiger charge is 2.49. The number of thiophene rings is 1. The summed E-state index contributed by atoms with van der Waals surface area (Å²) in [5.41, 5.74) is -0.128. The van der Waals surface area contributed by atoms with Crippen LogP contribution in [0.2, 0.25) is 0 Å². The van der Waals surface area contributed by atoms with Crippen molar-refractivity contribution in [2.45, 2.75) is 49.7 Å². The highest BCUT2D eigenvalue weighted by molar-refractivity contribution is 7.92. The first-order valence-electron chi connectivity index (χ1n) is 8.55. The van der Waals surface area contributed by atoms with E-state index in [2.05, 4.69) is 25.2 Å². The van der Waals surface area contributed by atoms with Crippen molar-refractivity contribution in [3.05, 3.63) is 22.4 Å². The van der Waals surface area contributed by atoms with Crippen molar-refractivity contribution in [2.24, 2.45) is 0 Å². The second kappa shape index (κ2) is 6.33. The number of hydrogen-bond acceptors (Lipinski definition) is 4. The van der Waals surface area contributed by atoms with E-state index in [1.165, 1.54) is 4.88 Å². The van der Waals surface area contributed by atoms with Crippen LogP contribution in [-0.4, -0.2) is 49.5 Å². The van der Waals surface area contributed by atoms with Crippen LogP contribution in [0.1, 0.15) is 44.4 Å². The average Bonchev–Trinajstić information content (AvgIpc) is 2.97. The second-order valence-corrected chi connectivity index (χ2v) is 11.1. The van der Waals surface area contributed by atoms with Crippen molar-refractivity contribution in [3.63, 3.8) is 0 Å². The highest BCUT2D eigenvalue weighted by Crippen LogP contribution is 2.43. The van der Waals surface area contributed by atoms with Crippen molar-refractivity contribution in [1.29, 1.82) is 0 Å². The van der Waals surface area contributed by atoms with Gasteiger partial charge < -0.3 is 10.2 Å². The van der Waals surface area contributed by atoms with Crippen LogP contribution in [0.5, 0.6) is 0 Å². The summed E-state index contributed by atoms with van der Waals surface area (Å²) < 4.78 is 24.4. The molecule has 2 heterocycles. The summed E-state index contributed by atoms with van der Waals surface area (Å²) in [6.07, 6.45) is 3.09. The van der Waals surface area contributed by atoms with Gasteiger partial charge in [-0.15, -0.1) is 11.3 Å². The maximum Gasteiger partial charge on any atom is 0.317 e. The number of carbonyl (C=O) groups is 1. The first-order chi connectivity index (χ1) is 11.3. The van der Waals surface area contributed by atoms with Crippen molar-refractivity contribution in [3.8, 4) is 0 Å². The second-order valence-electron chi connectivity index (χ2n) is 7.61. The molecule has 0 unspecified atom stereocenters. The molecule has 1 saturated carbocycles. The molecular formula is C17H26N2O3S2. The van der Waals surface area contributed by atoms with Gasteiger partial charge in [0.2, 0.25) is 0 Å². The number of sulfone groups is 1. The number of carbonyl (C=O) groups excluding carboxylic acids is 1. The van der Waals surface area contributed by atoms with Crippen molar-refractivity contribution < 1.29 is 13.2 Å². The molecule has 0 atom stereocenters. The van der Waals surface area contributed by atoms with Gasteiger partial charge in [-0.05, 0) is 30.7 Å². The third kappa shape index (κ3) is 3.20. The normalized spacial score (nSPS) is 22.7. The lowest BCUT2D eigenvalue weighted by Crippen LogP contribution is -2.46. The lowest BCUT2D eigenvalue weighted by atomic mass is 9.81. The minimum atomic E-state index is -3.09.